The number of benzene rings is 2. The number of aromatic nitrogens is 2. The van der Waals surface area contributed by atoms with Gasteiger partial charge in [-0.05, 0) is 37.1 Å². The van der Waals surface area contributed by atoms with Gasteiger partial charge in [-0.15, -0.1) is 0 Å². The molecular weight excluding hydrogens is 595 g/mol. The molecule has 5 rings (SSSR count). The molecule has 3 N–H and O–H groups in total. The third-order valence-electron chi connectivity index (χ3n) is 6.64. The smallest absolute Gasteiger partial charge is 0.335 e. The minimum atomic E-state index is -1.10. The summed E-state index contributed by atoms with van der Waals surface area (Å²) in [7, 11) is -0.706. The third-order valence-corrected chi connectivity index (χ3v) is 9.78. The van der Waals surface area contributed by atoms with Gasteiger partial charge in [0.1, 0.15) is 23.1 Å². The number of aromatic amines is 1. The number of anilines is 1. The highest BCUT2D eigenvalue weighted by Crippen LogP contribution is 2.37. The average Bonchev–Trinajstić information content (AvgIpc) is 3.45. The van der Waals surface area contributed by atoms with Crippen molar-refractivity contribution in [1.82, 2.24) is 14.9 Å². The molecular formula is C27H26Cl2N4O5S2. The van der Waals surface area contributed by atoms with Gasteiger partial charge < -0.3 is 14.8 Å². The predicted octanol–water partition coefficient (Wildman–Crippen LogP) is 5.89. The molecule has 13 heteroatoms. The van der Waals surface area contributed by atoms with Crippen LogP contribution in [0.4, 0.5) is 5.13 Å². The molecule has 2 aromatic heterocycles. The SMILES string of the molecule is Cc1[nH]c(C(=O)Nc2nc3c(OC(C)c4ccc(CN5CCS(=O)CC5)cc4)cc(C(=O)O)cc3s2)c(Cl)c1Cl. The number of carboxylic acid groups (broad SMARTS) is 1. The number of aromatic carboxylic acids is 1. The fourth-order valence-corrected chi connectivity index (χ4v) is 6.86. The van der Waals surface area contributed by atoms with Crippen LogP contribution in [0, 0.1) is 6.92 Å². The number of carbonyl (C=O) groups excluding carboxylic acids is 1. The molecule has 4 aromatic rings. The number of rotatable bonds is 8. The van der Waals surface area contributed by atoms with E-state index in [0.29, 0.717) is 33.2 Å². The molecule has 2 aromatic carbocycles. The largest absolute Gasteiger partial charge is 0.484 e. The Hall–Kier alpha value is -2.96. The lowest BCUT2D eigenvalue weighted by Gasteiger charge is -2.26. The Morgan fingerprint density at radius 3 is 2.52 bits per heavy atom. The summed E-state index contributed by atoms with van der Waals surface area (Å²) in [5.41, 5.74) is 3.21. The standard InChI is InChI=1S/C27H26Cl2N4O5S2/c1-14-21(28)22(29)24(30-14)25(34)32-27-31-23-19(11-18(26(35)36)12-20(23)39-27)38-15(2)17-5-3-16(4-6-17)13-33-7-9-40(37)10-8-33/h3-6,11-12,15,30H,7-10,13H2,1-2H3,(H,35,36)(H,31,32,34). The van der Waals surface area contributed by atoms with Gasteiger partial charge >= 0.3 is 5.97 Å². The quantitative estimate of drug-likeness (QED) is 0.224. The summed E-state index contributed by atoms with van der Waals surface area (Å²) in [5.74, 6) is 0.0886. The number of aryl methyl sites for hydroxylation is 1. The van der Waals surface area contributed by atoms with Gasteiger partial charge in [0, 0.05) is 47.6 Å². The van der Waals surface area contributed by atoms with Crippen molar-refractivity contribution in [2.75, 3.05) is 29.9 Å². The maximum atomic E-state index is 12.8. The highest BCUT2D eigenvalue weighted by molar-refractivity contribution is 7.85. The molecule has 210 valence electrons. The van der Waals surface area contributed by atoms with E-state index in [1.54, 1.807) is 6.92 Å². The first kappa shape index (κ1) is 28.6. The molecule has 1 saturated heterocycles. The van der Waals surface area contributed by atoms with E-state index in [1.807, 2.05) is 31.2 Å². The van der Waals surface area contributed by atoms with Crippen LogP contribution in [-0.4, -0.2) is 60.7 Å². The van der Waals surface area contributed by atoms with Gasteiger partial charge in [0.15, 0.2) is 5.13 Å². The van der Waals surface area contributed by atoms with E-state index in [0.717, 1.165) is 42.1 Å². The molecule has 1 atom stereocenters. The maximum Gasteiger partial charge on any atom is 0.335 e. The lowest BCUT2D eigenvalue weighted by atomic mass is 10.1. The van der Waals surface area contributed by atoms with E-state index < -0.39 is 28.8 Å². The van der Waals surface area contributed by atoms with E-state index in [2.05, 4.69) is 20.2 Å². The first-order valence-electron chi connectivity index (χ1n) is 12.4. The summed E-state index contributed by atoms with van der Waals surface area (Å²) in [5, 5.41) is 13.0. The van der Waals surface area contributed by atoms with Gasteiger partial charge in [-0.25, -0.2) is 9.78 Å². The number of carboxylic acids is 1. The summed E-state index contributed by atoms with van der Waals surface area (Å²) < 4.78 is 18.4. The zero-order valence-corrected chi connectivity index (χ0v) is 24.8. The van der Waals surface area contributed by atoms with E-state index >= 15 is 0 Å². The molecule has 40 heavy (non-hydrogen) atoms. The Bertz CT molecular complexity index is 1610. The molecule has 0 aliphatic carbocycles. The summed E-state index contributed by atoms with van der Waals surface area (Å²) >= 11 is 13.4. The van der Waals surface area contributed by atoms with Crippen LogP contribution in [0.15, 0.2) is 36.4 Å². The van der Waals surface area contributed by atoms with Gasteiger partial charge in [-0.2, -0.15) is 0 Å². The highest BCUT2D eigenvalue weighted by atomic mass is 35.5. The molecule has 1 unspecified atom stereocenters. The highest BCUT2D eigenvalue weighted by Gasteiger charge is 2.22. The Labute approximate surface area is 246 Å². The normalized spacial score (nSPS) is 15.3. The van der Waals surface area contributed by atoms with Gasteiger partial charge in [0.2, 0.25) is 0 Å². The van der Waals surface area contributed by atoms with Crippen molar-refractivity contribution in [1.29, 1.82) is 0 Å². The second-order valence-corrected chi connectivity index (χ2v) is 13.0. The number of ether oxygens (including phenoxy) is 1. The second-order valence-electron chi connectivity index (χ2n) is 9.48. The van der Waals surface area contributed by atoms with Gasteiger partial charge in [-0.3, -0.25) is 19.2 Å². The van der Waals surface area contributed by atoms with Crippen LogP contribution >= 0.6 is 34.5 Å². The molecule has 0 bridgehead atoms. The first-order chi connectivity index (χ1) is 19.1. The maximum absolute atomic E-state index is 12.8. The third kappa shape index (κ3) is 6.18. The molecule has 0 saturated carbocycles. The van der Waals surface area contributed by atoms with E-state index in [-0.39, 0.29) is 26.4 Å². The number of fused-ring (bicyclic) bond motifs is 1. The molecule has 0 radical (unpaired) electrons. The van der Waals surface area contributed by atoms with Crippen molar-refractivity contribution >= 4 is 72.6 Å². The topological polar surface area (TPSA) is 125 Å². The van der Waals surface area contributed by atoms with Crippen molar-refractivity contribution in [3.8, 4) is 5.75 Å². The fraction of sp³-hybridized carbons (Fsp3) is 0.296. The van der Waals surface area contributed by atoms with Crippen LogP contribution in [0.1, 0.15) is 50.7 Å². The Morgan fingerprint density at radius 2 is 1.90 bits per heavy atom. The van der Waals surface area contributed by atoms with Crippen molar-refractivity contribution in [2.45, 2.75) is 26.5 Å². The van der Waals surface area contributed by atoms with Crippen molar-refractivity contribution in [2.24, 2.45) is 0 Å². The monoisotopic (exact) mass is 620 g/mol. The molecule has 3 heterocycles. The number of thiazole rings is 1. The van der Waals surface area contributed by atoms with E-state index in [1.165, 1.54) is 12.1 Å². The van der Waals surface area contributed by atoms with E-state index in [9.17, 15) is 18.9 Å². The minimum absolute atomic E-state index is 0.0452. The second kappa shape index (κ2) is 11.9. The molecule has 9 nitrogen and oxygen atoms in total. The van der Waals surface area contributed by atoms with Gasteiger partial charge in [0.05, 0.1) is 20.3 Å². The van der Waals surface area contributed by atoms with Crippen molar-refractivity contribution in [3.05, 3.63) is 74.5 Å². The fourth-order valence-electron chi connectivity index (χ4n) is 4.40. The molecule has 1 aliphatic rings. The molecule has 1 fully saturated rings. The summed E-state index contributed by atoms with van der Waals surface area (Å²) in [4.78, 5) is 34.3. The van der Waals surface area contributed by atoms with Crippen LogP contribution < -0.4 is 10.1 Å². The van der Waals surface area contributed by atoms with Crippen LogP contribution in [0.2, 0.25) is 10.0 Å². The molecule has 1 amide bonds. The summed E-state index contributed by atoms with van der Waals surface area (Å²) in [6, 6.07) is 11.0. The van der Waals surface area contributed by atoms with Crippen molar-refractivity contribution < 1.29 is 23.6 Å². The zero-order valence-electron chi connectivity index (χ0n) is 21.6. The predicted molar refractivity (Wildman–Crippen MR) is 159 cm³/mol. The van der Waals surface area contributed by atoms with Crippen LogP contribution in [0.3, 0.4) is 0 Å². The minimum Gasteiger partial charge on any atom is -0.484 e. The summed E-state index contributed by atoms with van der Waals surface area (Å²) in [6.45, 7) is 6.02. The first-order valence-corrected chi connectivity index (χ1v) is 15.5. The number of hydrogen-bond acceptors (Lipinski definition) is 7. The van der Waals surface area contributed by atoms with Crippen molar-refractivity contribution in [3.63, 3.8) is 0 Å². The number of amides is 1. The number of nitrogens with zero attached hydrogens (tertiary/aromatic N) is 2. The molecule has 1 aliphatic heterocycles. The van der Waals surface area contributed by atoms with Crippen LogP contribution in [0.5, 0.6) is 5.75 Å². The lowest BCUT2D eigenvalue weighted by Crippen LogP contribution is -2.37. The number of H-pyrrole nitrogens is 1. The lowest BCUT2D eigenvalue weighted by molar-refractivity contribution is 0.0696. The summed E-state index contributed by atoms with van der Waals surface area (Å²) in [6.07, 6.45) is -0.402. The van der Waals surface area contributed by atoms with Gasteiger partial charge in [0.25, 0.3) is 5.91 Å². The number of hydrogen-bond donors (Lipinski definition) is 3. The molecule has 0 spiro atoms. The number of halogens is 2. The van der Waals surface area contributed by atoms with Crippen LogP contribution in [0.25, 0.3) is 10.2 Å². The van der Waals surface area contributed by atoms with Gasteiger partial charge in [-0.1, -0.05) is 58.8 Å². The Kier molecular flexibility index (Phi) is 8.48. The Balaban J connectivity index is 1.35. The zero-order chi connectivity index (χ0) is 28.6. The van der Waals surface area contributed by atoms with E-state index in [4.69, 9.17) is 27.9 Å². The number of carbonyl (C=O) groups is 2. The Morgan fingerprint density at radius 1 is 1.20 bits per heavy atom. The number of nitrogens with one attached hydrogen (secondary N) is 2. The average molecular weight is 622 g/mol. The van der Waals surface area contributed by atoms with Crippen LogP contribution in [-0.2, 0) is 17.3 Å².